The van der Waals surface area contributed by atoms with Crippen molar-refractivity contribution >= 4 is 0 Å². The Kier molecular flexibility index (Phi) is 4.26. The minimum atomic E-state index is -4.44. The highest BCUT2D eigenvalue weighted by Gasteiger charge is 2.31. The summed E-state index contributed by atoms with van der Waals surface area (Å²) in [6, 6.07) is 3.51. The van der Waals surface area contributed by atoms with Crippen LogP contribution in [0, 0.1) is 0 Å². The molecule has 4 nitrogen and oxygen atoms in total. The Hall–Kier alpha value is -2.05. The molecule has 2 aromatic rings. The Balaban J connectivity index is 2.34. The molecule has 0 atom stereocenters. The number of aromatic nitrogens is 3. The predicted octanol–water partition coefficient (Wildman–Crippen LogP) is 3.67. The summed E-state index contributed by atoms with van der Waals surface area (Å²) < 4.78 is 44.0. The van der Waals surface area contributed by atoms with Gasteiger partial charge in [0.1, 0.15) is 12.1 Å². The zero-order chi connectivity index (χ0) is 14.6. The molecule has 0 saturated heterocycles. The van der Waals surface area contributed by atoms with Crippen molar-refractivity contribution in [2.75, 3.05) is 6.61 Å². The van der Waals surface area contributed by atoms with E-state index in [2.05, 4.69) is 15.2 Å². The van der Waals surface area contributed by atoms with Crippen LogP contribution in [-0.2, 0) is 6.18 Å². The Morgan fingerprint density at radius 2 is 2.05 bits per heavy atom. The van der Waals surface area contributed by atoms with Gasteiger partial charge in [-0.05, 0) is 24.6 Å². The molecule has 0 fully saturated rings. The smallest absolute Gasteiger partial charge is 0.416 e. The summed E-state index contributed by atoms with van der Waals surface area (Å²) in [5, 5.41) is 6.26. The molecule has 1 aromatic heterocycles. The van der Waals surface area contributed by atoms with Crippen molar-refractivity contribution in [3.8, 4) is 17.1 Å². The van der Waals surface area contributed by atoms with E-state index < -0.39 is 11.7 Å². The minimum absolute atomic E-state index is 0.174. The molecule has 0 saturated carbocycles. The van der Waals surface area contributed by atoms with Crippen molar-refractivity contribution in [2.24, 2.45) is 0 Å². The Morgan fingerprint density at radius 1 is 1.25 bits per heavy atom. The van der Waals surface area contributed by atoms with Gasteiger partial charge in [-0.3, -0.25) is 5.10 Å². The lowest BCUT2D eigenvalue weighted by Gasteiger charge is -2.12. The lowest BCUT2D eigenvalue weighted by Crippen LogP contribution is -2.06. The van der Waals surface area contributed by atoms with E-state index in [1.54, 1.807) is 0 Å². The third-order valence-electron chi connectivity index (χ3n) is 2.67. The van der Waals surface area contributed by atoms with Crippen molar-refractivity contribution in [1.29, 1.82) is 0 Å². The maximum absolute atomic E-state index is 12.9. The molecule has 0 aliphatic heterocycles. The molecular formula is C13H14F3N3O. The SMILES string of the molecule is CCCCOc1cc(-c2nc[nH]n2)cc(C(F)(F)F)c1. The molecule has 0 bridgehead atoms. The van der Waals surface area contributed by atoms with Gasteiger partial charge in [-0.25, -0.2) is 4.98 Å². The van der Waals surface area contributed by atoms with Gasteiger partial charge in [0.15, 0.2) is 5.82 Å². The third-order valence-corrected chi connectivity index (χ3v) is 2.67. The summed E-state index contributed by atoms with van der Waals surface area (Å²) >= 11 is 0. The Morgan fingerprint density at radius 3 is 2.65 bits per heavy atom. The van der Waals surface area contributed by atoms with Crippen LogP contribution in [0.3, 0.4) is 0 Å². The summed E-state index contributed by atoms with van der Waals surface area (Å²) in [6.07, 6.45) is -1.43. The molecule has 108 valence electrons. The van der Waals surface area contributed by atoms with E-state index in [1.165, 1.54) is 12.4 Å². The van der Waals surface area contributed by atoms with Gasteiger partial charge in [0.2, 0.25) is 0 Å². The normalized spacial score (nSPS) is 11.6. The fraction of sp³-hybridized carbons (Fsp3) is 0.385. The second-order valence-electron chi connectivity index (χ2n) is 4.27. The van der Waals surface area contributed by atoms with Crippen LogP contribution in [-0.4, -0.2) is 21.8 Å². The summed E-state index contributed by atoms with van der Waals surface area (Å²) in [5.41, 5.74) is -0.501. The zero-order valence-corrected chi connectivity index (χ0v) is 10.9. The Bertz CT molecular complexity index is 552. The van der Waals surface area contributed by atoms with Crippen LogP contribution in [0.1, 0.15) is 25.3 Å². The van der Waals surface area contributed by atoms with Crippen LogP contribution in [0.15, 0.2) is 24.5 Å². The first-order valence-electron chi connectivity index (χ1n) is 6.22. The van der Waals surface area contributed by atoms with E-state index in [4.69, 9.17) is 4.74 Å². The van der Waals surface area contributed by atoms with Gasteiger partial charge < -0.3 is 4.74 Å². The standard InChI is InChI=1S/C13H14F3N3O/c1-2-3-4-20-11-6-9(12-17-8-18-19-12)5-10(7-11)13(14,15)16/h5-8H,2-4H2,1H3,(H,17,18,19). The van der Waals surface area contributed by atoms with Crippen molar-refractivity contribution in [1.82, 2.24) is 15.2 Å². The topological polar surface area (TPSA) is 50.8 Å². The molecule has 0 aliphatic carbocycles. The fourth-order valence-electron chi connectivity index (χ4n) is 1.66. The molecule has 1 N–H and O–H groups in total. The second-order valence-corrected chi connectivity index (χ2v) is 4.27. The number of H-pyrrole nitrogens is 1. The average Bonchev–Trinajstić information content (AvgIpc) is 2.91. The number of nitrogens with one attached hydrogen (secondary N) is 1. The fourth-order valence-corrected chi connectivity index (χ4v) is 1.66. The molecule has 0 spiro atoms. The summed E-state index contributed by atoms with van der Waals surface area (Å²) in [5.74, 6) is 0.379. The van der Waals surface area contributed by atoms with E-state index >= 15 is 0 Å². The van der Waals surface area contributed by atoms with Gasteiger partial charge in [-0.2, -0.15) is 18.3 Å². The molecule has 2 rings (SSSR count). The second kappa shape index (κ2) is 5.94. The lowest BCUT2D eigenvalue weighted by molar-refractivity contribution is -0.137. The molecular weight excluding hydrogens is 271 g/mol. The van der Waals surface area contributed by atoms with E-state index in [-0.39, 0.29) is 17.1 Å². The van der Waals surface area contributed by atoms with Crippen LogP contribution in [0.5, 0.6) is 5.75 Å². The number of hydrogen-bond donors (Lipinski definition) is 1. The number of unbranched alkanes of at least 4 members (excludes halogenated alkanes) is 1. The van der Waals surface area contributed by atoms with Gasteiger partial charge in [0.25, 0.3) is 0 Å². The first-order valence-corrected chi connectivity index (χ1v) is 6.22. The highest BCUT2D eigenvalue weighted by atomic mass is 19.4. The van der Waals surface area contributed by atoms with Crippen LogP contribution < -0.4 is 4.74 Å². The number of alkyl halides is 3. The van der Waals surface area contributed by atoms with Gasteiger partial charge >= 0.3 is 6.18 Å². The highest BCUT2D eigenvalue weighted by Crippen LogP contribution is 2.34. The number of nitrogens with zero attached hydrogens (tertiary/aromatic N) is 2. The third kappa shape index (κ3) is 3.49. The molecule has 1 heterocycles. The van der Waals surface area contributed by atoms with Gasteiger partial charge in [-0.1, -0.05) is 13.3 Å². The van der Waals surface area contributed by atoms with Crippen LogP contribution >= 0.6 is 0 Å². The first-order chi connectivity index (χ1) is 9.50. The molecule has 0 amide bonds. The maximum Gasteiger partial charge on any atom is 0.416 e. The number of ether oxygens (including phenoxy) is 1. The number of aromatic amines is 1. The molecule has 1 aromatic carbocycles. The van der Waals surface area contributed by atoms with Gasteiger partial charge in [-0.15, -0.1) is 0 Å². The quantitative estimate of drug-likeness (QED) is 0.853. The lowest BCUT2D eigenvalue weighted by atomic mass is 10.1. The van der Waals surface area contributed by atoms with E-state index in [9.17, 15) is 13.2 Å². The summed E-state index contributed by atoms with van der Waals surface area (Å²) in [7, 11) is 0. The molecule has 0 radical (unpaired) electrons. The monoisotopic (exact) mass is 285 g/mol. The highest BCUT2D eigenvalue weighted by molar-refractivity contribution is 5.59. The molecule has 0 unspecified atom stereocenters. The first kappa shape index (κ1) is 14.4. The summed E-state index contributed by atoms with van der Waals surface area (Å²) in [6.45, 7) is 2.36. The molecule has 7 heteroatoms. The van der Waals surface area contributed by atoms with E-state index in [0.29, 0.717) is 6.61 Å². The number of halogens is 3. The minimum Gasteiger partial charge on any atom is -0.494 e. The average molecular weight is 285 g/mol. The maximum atomic E-state index is 12.9. The zero-order valence-electron chi connectivity index (χ0n) is 10.9. The van der Waals surface area contributed by atoms with Crippen LogP contribution in [0.4, 0.5) is 13.2 Å². The Labute approximate surface area is 114 Å². The van der Waals surface area contributed by atoms with Crippen molar-refractivity contribution in [3.63, 3.8) is 0 Å². The number of hydrogen-bond acceptors (Lipinski definition) is 3. The van der Waals surface area contributed by atoms with Crippen molar-refractivity contribution < 1.29 is 17.9 Å². The molecule has 20 heavy (non-hydrogen) atoms. The number of rotatable bonds is 5. The predicted molar refractivity (Wildman–Crippen MR) is 67.2 cm³/mol. The van der Waals surface area contributed by atoms with Gasteiger partial charge in [0.05, 0.1) is 12.2 Å². The van der Waals surface area contributed by atoms with Crippen LogP contribution in [0.2, 0.25) is 0 Å². The number of benzene rings is 1. The summed E-state index contributed by atoms with van der Waals surface area (Å²) in [4.78, 5) is 3.86. The van der Waals surface area contributed by atoms with Crippen molar-refractivity contribution in [3.05, 3.63) is 30.1 Å². The van der Waals surface area contributed by atoms with E-state index in [0.717, 1.165) is 25.0 Å². The van der Waals surface area contributed by atoms with E-state index in [1.807, 2.05) is 6.92 Å². The molecule has 0 aliphatic rings. The van der Waals surface area contributed by atoms with Crippen molar-refractivity contribution in [2.45, 2.75) is 25.9 Å². The largest absolute Gasteiger partial charge is 0.494 e. The van der Waals surface area contributed by atoms with Gasteiger partial charge in [0, 0.05) is 5.56 Å². The van der Waals surface area contributed by atoms with Crippen LogP contribution in [0.25, 0.3) is 11.4 Å².